The van der Waals surface area contributed by atoms with Gasteiger partial charge in [0.2, 0.25) is 0 Å². The highest BCUT2D eigenvalue weighted by Gasteiger charge is 2.34. The largest absolute Gasteiger partial charge is 0.468 e. The number of rotatable bonds is 4. The summed E-state index contributed by atoms with van der Waals surface area (Å²) in [6, 6.07) is 6.45. The van der Waals surface area contributed by atoms with Crippen molar-refractivity contribution in [2.24, 2.45) is 0 Å². The van der Waals surface area contributed by atoms with E-state index < -0.39 is 23.6 Å². The van der Waals surface area contributed by atoms with Gasteiger partial charge in [-0.3, -0.25) is 9.59 Å². The Labute approximate surface area is 112 Å². The van der Waals surface area contributed by atoms with Crippen LogP contribution in [-0.4, -0.2) is 31.9 Å². The molecule has 96 valence electrons. The lowest BCUT2D eigenvalue weighted by atomic mass is 9.95. The van der Waals surface area contributed by atoms with E-state index in [1.807, 2.05) is 0 Å². The first-order chi connectivity index (χ1) is 8.51. The number of benzene rings is 1. The Morgan fingerprint density at radius 3 is 2.06 bits per heavy atom. The second kappa shape index (κ2) is 6.30. The third kappa shape index (κ3) is 3.16. The van der Waals surface area contributed by atoms with Gasteiger partial charge in [-0.2, -0.15) is 0 Å². The van der Waals surface area contributed by atoms with E-state index in [0.29, 0.717) is 5.56 Å². The fraction of sp³-hybridized carbons (Fsp3) is 0.250. The first-order valence-corrected chi connectivity index (χ1v) is 5.76. The summed E-state index contributed by atoms with van der Waals surface area (Å²) in [5.74, 6) is -4.12. The highest BCUT2D eigenvalue weighted by Crippen LogP contribution is 2.21. The fourth-order valence-corrected chi connectivity index (χ4v) is 1.65. The topological polar surface area (TPSA) is 69.7 Å². The number of carbonyl (C=O) groups excluding carboxylic acids is 3. The molecule has 1 atom stereocenters. The number of esters is 2. The van der Waals surface area contributed by atoms with Gasteiger partial charge in [-0.05, 0) is 17.7 Å². The molecule has 0 saturated heterocycles. The molecule has 5 nitrogen and oxygen atoms in total. The molecule has 18 heavy (non-hydrogen) atoms. The van der Waals surface area contributed by atoms with Gasteiger partial charge >= 0.3 is 11.9 Å². The lowest BCUT2D eigenvalue weighted by Gasteiger charge is -2.12. The number of methoxy groups -OCH3 is 2. The van der Waals surface area contributed by atoms with E-state index >= 15 is 0 Å². The zero-order valence-corrected chi connectivity index (χ0v) is 11.4. The third-order valence-corrected chi connectivity index (χ3v) is 2.82. The number of carbonyl (C=O) groups is 3. The quantitative estimate of drug-likeness (QED) is 0.478. The summed E-state index contributed by atoms with van der Waals surface area (Å²) >= 11 is 3.24. The molecular formula is C12H11BrO5. The van der Waals surface area contributed by atoms with Crippen LogP contribution in [0.4, 0.5) is 0 Å². The summed E-state index contributed by atoms with van der Waals surface area (Å²) in [5.41, 5.74) is 0.375. The maximum absolute atomic E-state index is 11.8. The molecule has 0 saturated carbocycles. The Kier molecular flexibility index (Phi) is 5.03. The van der Waals surface area contributed by atoms with Gasteiger partial charge in [0.1, 0.15) is 0 Å². The van der Waals surface area contributed by atoms with Gasteiger partial charge in [-0.1, -0.05) is 28.1 Å². The molecule has 1 rings (SSSR count). The summed E-state index contributed by atoms with van der Waals surface area (Å²) in [5, 5.41) is 0. The van der Waals surface area contributed by atoms with Crippen molar-refractivity contribution in [1.82, 2.24) is 0 Å². The van der Waals surface area contributed by atoms with E-state index in [1.165, 1.54) is 0 Å². The van der Waals surface area contributed by atoms with Crippen molar-refractivity contribution in [2.45, 2.75) is 5.92 Å². The van der Waals surface area contributed by atoms with Gasteiger partial charge in [0, 0.05) is 4.47 Å². The van der Waals surface area contributed by atoms with Gasteiger partial charge in [0.25, 0.3) is 5.78 Å². The summed E-state index contributed by atoms with van der Waals surface area (Å²) in [4.78, 5) is 34.6. The van der Waals surface area contributed by atoms with Crippen molar-refractivity contribution in [3.8, 4) is 0 Å². The Bertz CT molecular complexity index is 466. The van der Waals surface area contributed by atoms with Crippen LogP contribution in [0.15, 0.2) is 28.7 Å². The van der Waals surface area contributed by atoms with Crippen molar-refractivity contribution in [3.05, 3.63) is 34.3 Å². The SMILES string of the molecule is COC(=O)C(=O)[C@H](C(=O)OC)c1ccc(Br)cc1. The van der Waals surface area contributed by atoms with E-state index in [9.17, 15) is 14.4 Å². The van der Waals surface area contributed by atoms with Crippen LogP contribution < -0.4 is 0 Å². The van der Waals surface area contributed by atoms with Crippen LogP contribution in [-0.2, 0) is 23.9 Å². The van der Waals surface area contributed by atoms with Crippen molar-refractivity contribution in [3.63, 3.8) is 0 Å². The van der Waals surface area contributed by atoms with Crippen LogP contribution in [0.3, 0.4) is 0 Å². The van der Waals surface area contributed by atoms with Crippen molar-refractivity contribution >= 4 is 33.7 Å². The lowest BCUT2D eigenvalue weighted by Crippen LogP contribution is -2.30. The van der Waals surface area contributed by atoms with Gasteiger partial charge in [0.05, 0.1) is 14.2 Å². The molecular weight excluding hydrogens is 304 g/mol. The van der Waals surface area contributed by atoms with Crippen LogP contribution in [0, 0.1) is 0 Å². The highest BCUT2D eigenvalue weighted by atomic mass is 79.9. The number of hydrogen-bond acceptors (Lipinski definition) is 5. The molecule has 6 heteroatoms. The van der Waals surface area contributed by atoms with Gasteiger partial charge in [0.15, 0.2) is 5.92 Å². The second-order valence-electron chi connectivity index (χ2n) is 3.36. The summed E-state index contributed by atoms with van der Waals surface area (Å²) in [6.45, 7) is 0. The van der Waals surface area contributed by atoms with Crippen molar-refractivity contribution < 1.29 is 23.9 Å². The zero-order valence-electron chi connectivity index (χ0n) is 9.81. The predicted molar refractivity (Wildman–Crippen MR) is 65.9 cm³/mol. The molecule has 1 aromatic carbocycles. The molecule has 0 aliphatic heterocycles. The van der Waals surface area contributed by atoms with E-state index in [-0.39, 0.29) is 0 Å². The Balaban J connectivity index is 3.13. The van der Waals surface area contributed by atoms with Crippen LogP contribution in [0.25, 0.3) is 0 Å². The normalized spacial score (nSPS) is 11.5. The Morgan fingerprint density at radius 1 is 1.06 bits per heavy atom. The van der Waals surface area contributed by atoms with Crippen molar-refractivity contribution in [1.29, 1.82) is 0 Å². The average Bonchev–Trinajstić information content (AvgIpc) is 2.39. The minimum Gasteiger partial charge on any atom is -0.468 e. The molecule has 0 aliphatic carbocycles. The number of hydrogen-bond donors (Lipinski definition) is 0. The molecule has 0 bridgehead atoms. The van der Waals surface area contributed by atoms with Gasteiger partial charge in [-0.25, -0.2) is 4.79 Å². The molecule has 0 spiro atoms. The van der Waals surface area contributed by atoms with E-state index in [1.54, 1.807) is 24.3 Å². The zero-order chi connectivity index (χ0) is 13.7. The molecule has 0 unspecified atom stereocenters. The maximum Gasteiger partial charge on any atom is 0.375 e. The molecule has 0 amide bonds. The lowest BCUT2D eigenvalue weighted by molar-refractivity contribution is -0.157. The van der Waals surface area contributed by atoms with Crippen molar-refractivity contribution in [2.75, 3.05) is 14.2 Å². The third-order valence-electron chi connectivity index (χ3n) is 2.29. The summed E-state index contributed by atoms with van der Waals surface area (Å²) < 4.78 is 9.65. The monoisotopic (exact) mass is 314 g/mol. The molecule has 0 radical (unpaired) electrons. The van der Waals surface area contributed by atoms with Gasteiger partial charge < -0.3 is 9.47 Å². The maximum atomic E-state index is 11.8. The van der Waals surface area contributed by atoms with Crippen LogP contribution in [0.2, 0.25) is 0 Å². The molecule has 0 fully saturated rings. The Hall–Kier alpha value is -1.69. The van der Waals surface area contributed by atoms with Crippen LogP contribution >= 0.6 is 15.9 Å². The number of halogens is 1. The minimum absolute atomic E-state index is 0.375. The van der Waals surface area contributed by atoms with E-state index in [2.05, 4.69) is 25.4 Å². The molecule has 0 aliphatic rings. The smallest absolute Gasteiger partial charge is 0.375 e. The minimum atomic E-state index is -1.30. The first-order valence-electron chi connectivity index (χ1n) is 4.96. The fourth-order valence-electron chi connectivity index (χ4n) is 1.39. The summed E-state index contributed by atoms with van der Waals surface area (Å²) in [6.07, 6.45) is 0. The van der Waals surface area contributed by atoms with Gasteiger partial charge in [-0.15, -0.1) is 0 Å². The Morgan fingerprint density at radius 2 is 1.61 bits per heavy atom. The first kappa shape index (κ1) is 14.4. The molecule has 0 heterocycles. The number of ether oxygens (including phenoxy) is 2. The highest BCUT2D eigenvalue weighted by molar-refractivity contribution is 9.10. The van der Waals surface area contributed by atoms with Crippen LogP contribution in [0.1, 0.15) is 11.5 Å². The second-order valence-corrected chi connectivity index (χ2v) is 4.28. The molecule has 0 N–H and O–H groups in total. The predicted octanol–water partition coefficient (Wildman–Crippen LogP) is 1.45. The average molecular weight is 315 g/mol. The number of Topliss-reactive ketones (excluding diaryl/α,β-unsaturated/α-hetero) is 1. The standard InChI is InChI=1S/C12H11BrO5/c1-17-11(15)9(10(14)12(16)18-2)7-3-5-8(13)6-4-7/h3-6,9H,1-2H3/t9-/m1/s1. The molecule has 1 aromatic rings. The van der Waals surface area contributed by atoms with Crippen LogP contribution in [0.5, 0.6) is 0 Å². The number of ketones is 1. The van der Waals surface area contributed by atoms with E-state index in [4.69, 9.17) is 0 Å². The van der Waals surface area contributed by atoms with E-state index in [0.717, 1.165) is 18.7 Å². The molecule has 0 aromatic heterocycles. The summed E-state index contributed by atoms with van der Waals surface area (Å²) in [7, 11) is 2.23.